The van der Waals surface area contributed by atoms with E-state index in [0.717, 1.165) is 24.2 Å². The maximum Gasteiger partial charge on any atom is 0.191 e. The van der Waals surface area contributed by atoms with Crippen LogP contribution in [0.15, 0.2) is 35.6 Å². The Morgan fingerprint density at radius 1 is 1.27 bits per heavy atom. The molecular formula is C18H25FN6O. The number of aromatic nitrogens is 3. The first-order valence-corrected chi connectivity index (χ1v) is 8.74. The molecule has 26 heavy (non-hydrogen) atoms. The first-order chi connectivity index (χ1) is 12.6. The second kappa shape index (κ2) is 8.27. The largest absolute Gasteiger partial charge is 0.381 e. The summed E-state index contributed by atoms with van der Waals surface area (Å²) in [6.07, 6.45) is 3.29. The molecule has 2 N–H and O–H groups in total. The normalized spacial score (nSPS) is 17.1. The molecule has 2 heterocycles. The lowest BCUT2D eigenvalue weighted by atomic mass is 9.74. The van der Waals surface area contributed by atoms with Crippen LogP contribution in [-0.4, -0.2) is 47.5 Å². The molecule has 7 nitrogen and oxygen atoms in total. The van der Waals surface area contributed by atoms with Crippen molar-refractivity contribution in [2.75, 3.05) is 26.8 Å². The molecule has 0 saturated carbocycles. The Kier molecular flexibility index (Phi) is 5.82. The van der Waals surface area contributed by atoms with Crippen LogP contribution in [0.2, 0.25) is 0 Å². The van der Waals surface area contributed by atoms with Crippen LogP contribution in [0.4, 0.5) is 4.39 Å². The summed E-state index contributed by atoms with van der Waals surface area (Å²) in [4.78, 5) is 8.48. The quantitative estimate of drug-likeness (QED) is 0.622. The standard InChI is InChI=1S/C18H25FN6O/c1-20-17(21-11-16-23-13-24-25(16)2)22-12-18(7-9-26-10-8-18)14-3-5-15(19)6-4-14/h3-6,13H,7-12H2,1-2H3,(H2,20,21,22). The second-order valence-corrected chi connectivity index (χ2v) is 6.48. The molecule has 1 saturated heterocycles. The van der Waals surface area contributed by atoms with E-state index in [1.54, 1.807) is 11.7 Å². The minimum Gasteiger partial charge on any atom is -0.381 e. The van der Waals surface area contributed by atoms with Gasteiger partial charge in [0.1, 0.15) is 18.0 Å². The van der Waals surface area contributed by atoms with Gasteiger partial charge in [0.05, 0.1) is 6.54 Å². The van der Waals surface area contributed by atoms with Crippen molar-refractivity contribution < 1.29 is 9.13 Å². The van der Waals surface area contributed by atoms with E-state index in [2.05, 4.69) is 25.7 Å². The smallest absolute Gasteiger partial charge is 0.191 e. The van der Waals surface area contributed by atoms with E-state index in [1.165, 1.54) is 18.5 Å². The SMILES string of the molecule is CN=C(NCc1ncnn1C)NCC1(c2ccc(F)cc2)CCOCC1. The average Bonchev–Trinajstić information content (AvgIpc) is 3.08. The van der Waals surface area contributed by atoms with Crippen molar-refractivity contribution in [2.24, 2.45) is 12.0 Å². The molecule has 1 aromatic heterocycles. The maximum absolute atomic E-state index is 13.3. The monoisotopic (exact) mass is 360 g/mol. The highest BCUT2D eigenvalue weighted by Crippen LogP contribution is 2.34. The first-order valence-electron chi connectivity index (χ1n) is 8.74. The Bertz CT molecular complexity index is 736. The van der Waals surface area contributed by atoms with Gasteiger partial charge < -0.3 is 15.4 Å². The number of nitrogens with one attached hydrogen (secondary N) is 2. The van der Waals surface area contributed by atoms with Crippen molar-refractivity contribution in [1.29, 1.82) is 0 Å². The molecule has 3 rings (SSSR count). The molecule has 0 radical (unpaired) electrons. The predicted octanol–water partition coefficient (Wildman–Crippen LogP) is 1.37. The van der Waals surface area contributed by atoms with Gasteiger partial charge in [-0.1, -0.05) is 12.1 Å². The summed E-state index contributed by atoms with van der Waals surface area (Å²) in [5.41, 5.74) is 1.02. The first kappa shape index (κ1) is 18.3. The summed E-state index contributed by atoms with van der Waals surface area (Å²) in [6.45, 7) is 2.62. The number of halogens is 1. The van der Waals surface area contributed by atoms with Crippen molar-refractivity contribution in [2.45, 2.75) is 24.8 Å². The van der Waals surface area contributed by atoms with E-state index >= 15 is 0 Å². The zero-order valence-electron chi connectivity index (χ0n) is 15.2. The third-order valence-electron chi connectivity index (χ3n) is 4.94. The average molecular weight is 360 g/mol. The molecule has 1 aliphatic heterocycles. The van der Waals surface area contributed by atoms with E-state index in [-0.39, 0.29) is 11.2 Å². The third kappa shape index (κ3) is 4.19. The van der Waals surface area contributed by atoms with Crippen LogP contribution in [0.25, 0.3) is 0 Å². The van der Waals surface area contributed by atoms with Crippen molar-refractivity contribution >= 4 is 5.96 Å². The maximum atomic E-state index is 13.3. The van der Waals surface area contributed by atoms with Crippen LogP contribution in [0, 0.1) is 5.82 Å². The summed E-state index contributed by atoms with van der Waals surface area (Å²) in [5, 5.41) is 10.7. The lowest BCUT2D eigenvalue weighted by Crippen LogP contribution is -2.48. The summed E-state index contributed by atoms with van der Waals surface area (Å²) in [5.74, 6) is 1.30. The van der Waals surface area contributed by atoms with Gasteiger partial charge in [-0.05, 0) is 30.5 Å². The Labute approximate surface area is 152 Å². The molecule has 1 fully saturated rings. The van der Waals surface area contributed by atoms with Crippen molar-refractivity contribution in [3.8, 4) is 0 Å². The Balaban J connectivity index is 1.66. The van der Waals surface area contributed by atoms with Crippen molar-refractivity contribution in [3.63, 3.8) is 0 Å². The van der Waals surface area contributed by atoms with E-state index in [0.29, 0.717) is 32.3 Å². The van der Waals surface area contributed by atoms with Gasteiger partial charge in [0, 0.05) is 39.3 Å². The van der Waals surface area contributed by atoms with Crippen LogP contribution in [0.3, 0.4) is 0 Å². The molecule has 0 atom stereocenters. The van der Waals surface area contributed by atoms with Crippen molar-refractivity contribution in [3.05, 3.63) is 47.8 Å². The molecule has 0 aliphatic carbocycles. The number of hydrogen-bond acceptors (Lipinski definition) is 4. The molecule has 2 aromatic rings. The molecule has 0 amide bonds. The molecule has 0 bridgehead atoms. The molecule has 1 aromatic carbocycles. The van der Waals surface area contributed by atoms with Crippen LogP contribution < -0.4 is 10.6 Å². The van der Waals surface area contributed by atoms with Gasteiger partial charge in [-0.2, -0.15) is 5.10 Å². The van der Waals surface area contributed by atoms with Crippen LogP contribution in [-0.2, 0) is 23.7 Å². The predicted molar refractivity (Wildman–Crippen MR) is 97.3 cm³/mol. The molecule has 0 spiro atoms. The molecule has 140 valence electrons. The minimum atomic E-state index is -0.218. The zero-order valence-corrected chi connectivity index (χ0v) is 15.2. The minimum absolute atomic E-state index is 0.103. The molecule has 1 aliphatic rings. The number of nitrogens with zero attached hydrogens (tertiary/aromatic N) is 4. The molecule has 0 unspecified atom stereocenters. The number of rotatable bonds is 5. The Morgan fingerprint density at radius 2 is 2.00 bits per heavy atom. The van der Waals surface area contributed by atoms with Gasteiger partial charge >= 0.3 is 0 Å². The number of benzene rings is 1. The van der Waals surface area contributed by atoms with Gasteiger partial charge in [0.15, 0.2) is 5.96 Å². The summed E-state index contributed by atoms with van der Waals surface area (Å²) in [7, 11) is 3.59. The fraction of sp³-hybridized carbons (Fsp3) is 0.500. The van der Waals surface area contributed by atoms with Gasteiger partial charge in [-0.25, -0.2) is 9.37 Å². The van der Waals surface area contributed by atoms with Crippen LogP contribution >= 0.6 is 0 Å². The zero-order chi connectivity index (χ0) is 18.4. The molecular weight excluding hydrogens is 335 g/mol. The highest BCUT2D eigenvalue weighted by molar-refractivity contribution is 5.79. The van der Waals surface area contributed by atoms with Gasteiger partial charge in [0.2, 0.25) is 0 Å². The van der Waals surface area contributed by atoms with E-state index < -0.39 is 0 Å². The lowest BCUT2D eigenvalue weighted by Gasteiger charge is -2.38. The van der Waals surface area contributed by atoms with E-state index in [1.807, 2.05) is 19.2 Å². The highest BCUT2D eigenvalue weighted by atomic mass is 19.1. The van der Waals surface area contributed by atoms with E-state index in [9.17, 15) is 4.39 Å². The summed E-state index contributed by atoms with van der Waals surface area (Å²) in [6, 6.07) is 6.79. The Morgan fingerprint density at radius 3 is 2.62 bits per heavy atom. The number of aliphatic imine (C=N–C) groups is 1. The lowest BCUT2D eigenvalue weighted by molar-refractivity contribution is 0.0513. The summed E-state index contributed by atoms with van der Waals surface area (Å²) >= 11 is 0. The third-order valence-corrected chi connectivity index (χ3v) is 4.94. The van der Waals surface area contributed by atoms with Crippen molar-refractivity contribution in [1.82, 2.24) is 25.4 Å². The number of guanidine groups is 1. The fourth-order valence-corrected chi connectivity index (χ4v) is 3.25. The van der Waals surface area contributed by atoms with Gasteiger partial charge in [0.25, 0.3) is 0 Å². The fourth-order valence-electron chi connectivity index (χ4n) is 3.25. The number of aryl methyl sites for hydroxylation is 1. The summed E-state index contributed by atoms with van der Waals surface area (Å²) < 4.78 is 20.6. The number of ether oxygens (including phenoxy) is 1. The number of hydrogen-bond donors (Lipinski definition) is 2. The highest BCUT2D eigenvalue weighted by Gasteiger charge is 2.34. The van der Waals surface area contributed by atoms with Crippen LogP contribution in [0.1, 0.15) is 24.2 Å². The van der Waals surface area contributed by atoms with Gasteiger partial charge in [-0.3, -0.25) is 9.67 Å². The second-order valence-electron chi connectivity index (χ2n) is 6.48. The topological polar surface area (TPSA) is 76.4 Å². The van der Waals surface area contributed by atoms with E-state index in [4.69, 9.17) is 4.74 Å². The van der Waals surface area contributed by atoms with Crippen LogP contribution in [0.5, 0.6) is 0 Å². The Hall–Kier alpha value is -2.48. The van der Waals surface area contributed by atoms with Gasteiger partial charge in [-0.15, -0.1) is 0 Å². The molecule has 8 heteroatoms.